The lowest BCUT2D eigenvalue weighted by molar-refractivity contribution is -0.385. The number of nitrogens with zero attached hydrogens (tertiary/aromatic N) is 2. The van der Waals surface area contributed by atoms with Gasteiger partial charge in [0.05, 0.1) is 15.2 Å². The van der Waals surface area contributed by atoms with Crippen molar-refractivity contribution in [3.8, 4) is 0 Å². The van der Waals surface area contributed by atoms with Gasteiger partial charge in [-0.15, -0.1) is 0 Å². The fraction of sp³-hybridized carbons (Fsp3) is 0.417. The van der Waals surface area contributed by atoms with Crippen LogP contribution < -0.4 is 0 Å². The Hall–Kier alpha value is -1.77. The van der Waals surface area contributed by atoms with Crippen LogP contribution in [0.15, 0.2) is 22.6 Å². The van der Waals surface area contributed by atoms with Crippen LogP contribution in [0, 0.1) is 10.1 Å². The Labute approximate surface area is 121 Å². The van der Waals surface area contributed by atoms with Crippen LogP contribution >= 0.6 is 0 Å². The van der Waals surface area contributed by atoms with Crippen molar-refractivity contribution in [1.82, 2.24) is 0 Å². The van der Waals surface area contributed by atoms with Gasteiger partial charge in [-0.1, -0.05) is 0 Å². The van der Waals surface area contributed by atoms with Crippen molar-refractivity contribution in [1.29, 1.82) is 0 Å². The molecule has 0 N–H and O–H groups in total. The fourth-order valence-corrected chi connectivity index (χ4v) is 1.78. The zero-order valence-electron chi connectivity index (χ0n) is 11.5. The van der Waals surface area contributed by atoms with Crippen LogP contribution in [0.1, 0.15) is 31.9 Å². The third-order valence-electron chi connectivity index (χ3n) is 2.30. The van der Waals surface area contributed by atoms with Gasteiger partial charge in [0.1, 0.15) is 11.0 Å². The van der Waals surface area contributed by atoms with E-state index in [1.165, 1.54) is 0 Å². The molecule has 1 rings (SSSR count). The van der Waals surface area contributed by atoms with Gasteiger partial charge in [0.2, 0.25) is 0 Å². The summed E-state index contributed by atoms with van der Waals surface area (Å²) in [5.41, 5.74) is -1.98. The van der Waals surface area contributed by atoms with Gasteiger partial charge in [-0.3, -0.25) is 10.1 Å². The van der Waals surface area contributed by atoms with E-state index in [0.29, 0.717) is 6.07 Å². The van der Waals surface area contributed by atoms with Crippen LogP contribution in [0.25, 0.3) is 0 Å². The molecular weight excluding hydrogens is 309 g/mol. The first-order valence-electron chi connectivity index (χ1n) is 5.74. The van der Waals surface area contributed by atoms with Crippen molar-refractivity contribution >= 4 is 22.9 Å². The van der Waals surface area contributed by atoms with E-state index >= 15 is 0 Å². The molecular formula is C12H13F3N2O3S. The summed E-state index contributed by atoms with van der Waals surface area (Å²) in [6.07, 6.45) is -3.76. The summed E-state index contributed by atoms with van der Waals surface area (Å²) in [5.74, 6) is 0. The molecule has 9 heteroatoms. The minimum atomic E-state index is -4.71. The molecule has 1 unspecified atom stereocenters. The average Bonchev–Trinajstić information content (AvgIpc) is 2.33. The van der Waals surface area contributed by atoms with Crippen molar-refractivity contribution in [2.75, 3.05) is 0 Å². The molecule has 0 saturated carbocycles. The van der Waals surface area contributed by atoms with Crippen molar-refractivity contribution < 1.29 is 22.3 Å². The zero-order valence-corrected chi connectivity index (χ0v) is 12.3. The highest BCUT2D eigenvalue weighted by Gasteiger charge is 2.32. The fourth-order valence-electron chi connectivity index (χ4n) is 1.25. The van der Waals surface area contributed by atoms with Crippen LogP contribution in [0.2, 0.25) is 0 Å². The zero-order chi connectivity index (χ0) is 16.4. The first-order valence-corrected chi connectivity index (χ1v) is 6.84. The Bertz CT molecular complexity index is 607. The quantitative estimate of drug-likeness (QED) is 0.486. The second-order valence-electron chi connectivity index (χ2n) is 5.16. The Morgan fingerprint density at radius 3 is 2.24 bits per heavy atom. The molecule has 0 saturated heterocycles. The molecule has 1 aromatic rings. The van der Waals surface area contributed by atoms with Gasteiger partial charge < -0.3 is 0 Å². The van der Waals surface area contributed by atoms with Gasteiger partial charge in [-0.2, -0.15) is 17.6 Å². The Balaban J connectivity index is 3.25. The minimum absolute atomic E-state index is 0.130. The van der Waals surface area contributed by atoms with Gasteiger partial charge in [-0.25, -0.2) is 4.21 Å². The highest BCUT2D eigenvalue weighted by atomic mass is 32.2. The van der Waals surface area contributed by atoms with Crippen molar-refractivity contribution in [2.24, 2.45) is 4.40 Å². The highest BCUT2D eigenvalue weighted by Crippen LogP contribution is 2.32. The molecule has 0 amide bonds. The summed E-state index contributed by atoms with van der Waals surface area (Å²) >= 11 is 0. The van der Waals surface area contributed by atoms with E-state index in [2.05, 4.69) is 4.40 Å². The highest BCUT2D eigenvalue weighted by molar-refractivity contribution is 7.85. The van der Waals surface area contributed by atoms with Crippen molar-refractivity contribution in [3.63, 3.8) is 0 Å². The number of hydrogen-bond acceptors (Lipinski definition) is 3. The van der Waals surface area contributed by atoms with E-state index in [9.17, 15) is 27.5 Å². The van der Waals surface area contributed by atoms with E-state index < -0.39 is 38.1 Å². The average molecular weight is 322 g/mol. The third-order valence-corrected chi connectivity index (χ3v) is 3.64. The normalized spacial score (nSPS) is 14.4. The summed E-state index contributed by atoms with van der Waals surface area (Å²) in [6.45, 7) is 4.94. The predicted molar refractivity (Wildman–Crippen MR) is 73.6 cm³/mol. The topological polar surface area (TPSA) is 72.6 Å². The second kappa shape index (κ2) is 5.92. The lowest BCUT2D eigenvalue weighted by atomic mass is 10.1. The number of nitro benzene ring substituents is 1. The lowest BCUT2D eigenvalue weighted by Crippen LogP contribution is -2.19. The maximum Gasteiger partial charge on any atom is 0.416 e. The van der Waals surface area contributed by atoms with Crippen LogP contribution in [-0.2, 0) is 17.2 Å². The van der Waals surface area contributed by atoms with Gasteiger partial charge in [0.25, 0.3) is 5.69 Å². The molecule has 1 atom stereocenters. The molecule has 0 aliphatic carbocycles. The van der Waals surface area contributed by atoms with Crippen LogP contribution in [0.5, 0.6) is 0 Å². The first kappa shape index (κ1) is 17.3. The molecule has 0 bridgehead atoms. The lowest BCUT2D eigenvalue weighted by Gasteiger charge is -2.12. The van der Waals surface area contributed by atoms with Crippen molar-refractivity contribution in [2.45, 2.75) is 31.7 Å². The van der Waals surface area contributed by atoms with Gasteiger partial charge >= 0.3 is 6.18 Å². The number of non-ortho nitro benzene ring substituents is 1. The van der Waals surface area contributed by atoms with Crippen molar-refractivity contribution in [3.05, 3.63) is 39.4 Å². The Kier molecular flexibility index (Phi) is 4.87. The molecule has 0 fully saturated rings. The number of rotatable bonds is 3. The predicted octanol–water partition coefficient (Wildman–Crippen LogP) is 3.49. The minimum Gasteiger partial charge on any atom is -0.258 e. The largest absolute Gasteiger partial charge is 0.416 e. The van der Waals surface area contributed by atoms with E-state index in [1.54, 1.807) is 20.8 Å². The molecule has 0 heterocycles. The number of alkyl halides is 3. The molecule has 0 aliphatic heterocycles. The van der Waals surface area contributed by atoms with Crippen LogP contribution in [0.4, 0.5) is 18.9 Å². The summed E-state index contributed by atoms with van der Waals surface area (Å²) < 4.78 is 52.7. The molecule has 21 heavy (non-hydrogen) atoms. The second-order valence-corrected chi connectivity index (χ2v) is 7.10. The van der Waals surface area contributed by atoms with E-state index in [-0.39, 0.29) is 5.56 Å². The summed E-state index contributed by atoms with van der Waals surface area (Å²) in [5, 5.41) is 10.7. The van der Waals surface area contributed by atoms with Crippen LogP contribution in [0.3, 0.4) is 0 Å². The van der Waals surface area contributed by atoms with E-state index in [0.717, 1.165) is 18.3 Å². The molecule has 5 nitrogen and oxygen atoms in total. The summed E-state index contributed by atoms with van der Waals surface area (Å²) in [6, 6.07) is 2.10. The first-order chi connectivity index (χ1) is 9.41. The summed E-state index contributed by atoms with van der Waals surface area (Å²) in [4.78, 5) is 9.74. The standard InChI is InChI=1S/C12H13F3N2O3S/c1-11(2,3)21(20)16-7-8-4-9(12(13,14)15)6-10(5-8)17(18)19/h4-7H,1-3H3. The van der Waals surface area contributed by atoms with E-state index in [4.69, 9.17) is 0 Å². The van der Waals surface area contributed by atoms with Gasteiger partial charge in [0, 0.05) is 23.9 Å². The van der Waals surface area contributed by atoms with E-state index in [1.807, 2.05) is 0 Å². The maximum atomic E-state index is 12.7. The van der Waals surface area contributed by atoms with Gasteiger partial charge in [-0.05, 0) is 26.8 Å². The Morgan fingerprint density at radius 1 is 1.24 bits per heavy atom. The third kappa shape index (κ3) is 4.92. The number of benzene rings is 1. The SMILES string of the molecule is CC(C)(C)S(=O)N=Cc1cc([N+](=O)[O-])cc(C(F)(F)F)c1. The number of hydrogen-bond donors (Lipinski definition) is 0. The molecule has 0 spiro atoms. The molecule has 116 valence electrons. The maximum absolute atomic E-state index is 12.7. The smallest absolute Gasteiger partial charge is 0.258 e. The number of nitro groups is 1. The molecule has 0 aliphatic rings. The van der Waals surface area contributed by atoms with Gasteiger partial charge in [0.15, 0.2) is 0 Å². The monoisotopic (exact) mass is 322 g/mol. The number of halogens is 3. The molecule has 0 aromatic heterocycles. The van der Waals surface area contributed by atoms with Crippen LogP contribution in [-0.4, -0.2) is 20.1 Å². The molecule has 1 aromatic carbocycles. The Morgan fingerprint density at radius 2 is 1.81 bits per heavy atom. The molecule has 0 radical (unpaired) electrons. The summed E-state index contributed by atoms with van der Waals surface area (Å²) in [7, 11) is -1.66.